The lowest BCUT2D eigenvalue weighted by Crippen LogP contribution is -2.41. The molecule has 2 aromatic carbocycles. The van der Waals surface area contributed by atoms with Crippen molar-refractivity contribution in [3.05, 3.63) is 59.4 Å². The van der Waals surface area contributed by atoms with Gasteiger partial charge in [0.1, 0.15) is 12.4 Å². The molecule has 1 N–H and O–H groups in total. The van der Waals surface area contributed by atoms with Crippen LogP contribution in [0, 0.1) is 5.82 Å². The molecule has 0 aliphatic carbocycles. The van der Waals surface area contributed by atoms with Gasteiger partial charge in [-0.15, -0.1) is 0 Å². The van der Waals surface area contributed by atoms with Gasteiger partial charge >= 0.3 is 0 Å². The largest absolute Gasteiger partial charge is 0.355 e. The monoisotopic (exact) mass is 384 g/mol. The van der Waals surface area contributed by atoms with E-state index in [1.807, 2.05) is 6.92 Å². The van der Waals surface area contributed by atoms with Crippen LogP contribution in [0.4, 0.5) is 10.1 Å². The Hall–Kier alpha value is -2.12. The van der Waals surface area contributed by atoms with Crippen molar-refractivity contribution >= 4 is 33.2 Å². The van der Waals surface area contributed by atoms with Crippen molar-refractivity contribution in [1.82, 2.24) is 5.32 Å². The highest BCUT2D eigenvalue weighted by Gasteiger charge is 2.27. The Morgan fingerprint density at radius 3 is 2.48 bits per heavy atom. The van der Waals surface area contributed by atoms with Gasteiger partial charge in [0.05, 0.1) is 15.6 Å². The van der Waals surface area contributed by atoms with Crippen molar-refractivity contribution in [3.63, 3.8) is 0 Å². The maximum absolute atomic E-state index is 13.4. The molecule has 25 heavy (non-hydrogen) atoms. The molecule has 0 saturated heterocycles. The van der Waals surface area contributed by atoms with Crippen LogP contribution in [0.25, 0.3) is 0 Å². The van der Waals surface area contributed by atoms with Crippen molar-refractivity contribution in [2.45, 2.75) is 18.2 Å². The van der Waals surface area contributed by atoms with E-state index < -0.39 is 28.3 Å². The number of benzene rings is 2. The molecule has 0 aliphatic rings. The summed E-state index contributed by atoms with van der Waals surface area (Å²) in [7, 11) is -4.01. The van der Waals surface area contributed by atoms with Gasteiger partial charge in [0.2, 0.25) is 5.91 Å². The minimum Gasteiger partial charge on any atom is -0.355 e. The lowest BCUT2D eigenvalue weighted by molar-refractivity contribution is -0.119. The fourth-order valence-corrected chi connectivity index (χ4v) is 3.73. The second-order valence-corrected chi connectivity index (χ2v) is 7.54. The van der Waals surface area contributed by atoms with Crippen LogP contribution in [0.1, 0.15) is 13.3 Å². The third-order valence-corrected chi connectivity index (χ3v) is 5.46. The molecule has 0 bridgehead atoms. The van der Waals surface area contributed by atoms with Gasteiger partial charge in [-0.2, -0.15) is 0 Å². The van der Waals surface area contributed by atoms with Gasteiger partial charge in [0.25, 0.3) is 10.0 Å². The number of nitrogens with zero attached hydrogens (tertiary/aromatic N) is 1. The highest BCUT2D eigenvalue weighted by atomic mass is 35.5. The molecule has 134 valence electrons. The average Bonchev–Trinajstić information content (AvgIpc) is 2.61. The number of rotatable bonds is 7. The molecule has 2 aromatic rings. The van der Waals surface area contributed by atoms with Crippen molar-refractivity contribution in [2.24, 2.45) is 0 Å². The summed E-state index contributed by atoms with van der Waals surface area (Å²) in [6, 6.07) is 11.2. The topological polar surface area (TPSA) is 66.5 Å². The van der Waals surface area contributed by atoms with Gasteiger partial charge in [-0.1, -0.05) is 36.7 Å². The summed E-state index contributed by atoms with van der Waals surface area (Å²) in [5.74, 6) is -1.13. The minimum absolute atomic E-state index is 0.0266. The Balaban J connectivity index is 2.44. The van der Waals surface area contributed by atoms with Crippen LogP contribution < -0.4 is 9.62 Å². The Kier molecular flexibility index (Phi) is 6.39. The van der Waals surface area contributed by atoms with Crippen molar-refractivity contribution in [3.8, 4) is 0 Å². The first-order chi connectivity index (χ1) is 11.9. The van der Waals surface area contributed by atoms with Crippen LogP contribution in [-0.4, -0.2) is 27.4 Å². The number of nitrogens with one attached hydrogen (secondary N) is 1. The summed E-state index contributed by atoms with van der Waals surface area (Å²) in [5.41, 5.74) is 0.113. The standard InChI is InChI=1S/C17H18ClFN2O3S/c1-2-10-20-17(22)12-21(13-8-9-16(19)15(18)11-13)25(23,24)14-6-4-3-5-7-14/h3-9,11H,2,10,12H2,1H3,(H,20,22). The zero-order valence-corrected chi connectivity index (χ0v) is 15.1. The first-order valence-electron chi connectivity index (χ1n) is 7.65. The van der Waals surface area contributed by atoms with Crippen LogP contribution in [0.2, 0.25) is 5.02 Å². The van der Waals surface area contributed by atoms with Gasteiger partial charge in [-0.05, 0) is 36.8 Å². The maximum Gasteiger partial charge on any atom is 0.264 e. The predicted molar refractivity (Wildman–Crippen MR) is 95.7 cm³/mol. The van der Waals surface area contributed by atoms with Gasteiger partial charge in [-0.3, -0.25) is 9.10 Å². The summed E-state index contributed by atoms with van der Waals surface area (Å²) in [5, 5.41) is 2.41. The van der Waals surface area contributed by atoms with E-state index in [4.69, 9.17) is 11.6 Å². The number of carbonyl (C=O) groups is 1. The molecule has 0 heterocycles. The van der Waals surface area contributed by atoms with Gasteiger partial charge < -0.3 is 5.32 Å². The number of carbonyl (C=O) groups excluding carboxylic acids is 1. The summed E-state index contributed by atoms with van der Waals surface area (Å²) >= 11 is 5.78. The lowest BCUT2D eigenvalue weighted by Gasteiger charge is -2.24. The molecule has 0 saturated carbocycles. The molecule has 5 nitrogen and oxygen atoms in total. The first kappa shape index (κ1) is 19.2. The van der Waals surface area contributed by atoms with Crippen LogP contribution in [0.5, 0.6) is 0 Å². The molecule has 1 amide bonds. The quantitative estimate of drug-likeness (QED) is 0.797. The number of anilines is 1. The molecular formula is C17H18ClFN2O3S. The summed E-state index contributed by atoms with van der Waals surface area (Å²) in [4.78, 5) is 12.1. The van der Waals surface area contributed by atoms with Crippen molar-refractivity contribution < 1.29 is 17.6 Å². The maximum atomic E-state index is 13.4. The number of hydrogen-bond donors (Lipinski definition) is 1. The van der Waals surface area contributed by atoms with E-state index in [9.17, 15) is 17.6 Å². The Bertz CT molecular complexity index is 844. The van der Waals surface area contributed by atoms with Gasteiger partial charge in [0.15, 0.2) is 0 Å². The second-order valence-electron chi connectivity index (χ2n) is 5.27. The van der Waals surface area contributed by atoms with E-state index in [0.29, 0.717) is 6.54 Å². The molecule has 8 heteroatoms. The zero-order chi connectivity index (χ0) is 18.4. The SMILES string of the molecule is CCCNC(=O)CN(c1ccc(F)c(Cl)c1)S(=O)(=O)c1ccccc1. The normalized spacial score (nSPS) is 11.2. The smallest absolute Gasteiger partial charge is 0.264 e. The van der Waals surface area contributed by atoms with E-state index in [-0.39, 0.29) is 15.6 Å². The van der Waals surface area contributed by atoms with E-state index in [2.05, 4.69) is 5.32 Å². The summed E-state index contributed by atoms with van der Waals surface area (Å²) in [6.45, 7) is 1.89. The van der Waals surface area contributed by atoms with Gasteiger partial charge in [0, 0.05) is 6.54 Å². The molecule has 0 aromatic heterocycles. The molecule has 0 radical (unpaired) electrons. The number of hydrogen-bond acceptors (Lipinski definition) is 3. The van der Waals surface area contributed by atoms with Crippen LogP contribution >= 0.6 is 11.6 Å². The fraction of sp³-hybridized carbons (Fsp3) is 0.235. The number of halogens is 2. The Labute approximate surface area is 151 Å². The van der Waals surface area contributed by atoms with Crippen molar-refractivity contribution in [2.75, 3.05) is 17.4 Å². The van der Waals surface area contributed by atoms with E-state index in [1.54, 1.807) is 18.2 Å². The molecule has 0 fully saturated rings. The fourth-order valence-electron chi connectivity index (χ4n) is 2.13. The zero-order valence-electron chi connectivity index (χ0n) is 13.6. The van der Waals surface area contributed by atoms with Gasteiger partial charge in [-0.25, -0.2) is 12.8 Å². The van der Waals surface area contributed by atoms with E-state index >= 15 is 0 Å². The van der Waals surface area contributed by atoms with E-state index in [0.717, 1.165) is 16.8 Å². The minimum atomic E-state index is -4.01. The van der Waals surface area contributed by atoms with Crippen LogP contribution in [0.3, 0.4) is 0 Å². The number of amides is 1. The molecule has 0 unspecified atom stereocenters. The summed E-state index contributed by atoms with van der Waals surface area (Å²) < 4.78 is 40.2. The van der Waals surface area contributed by atoms with Crippen LogP contribution in [-0.2, 0) is 14.8 Å². The molecular weight excluding hydrogens is 367 g/mol. The van der Waals surface area contributed by atoms with Crippen molar-refractivity contribution in [1.29, 1.82) is 0 Å². The first-order valence-corrected chi connectivity index (χ1v) is 9.47. The summed E-state index contributed by atoms with van der Waals surface area (Å²) in [6.07, 6.45) is 0.722. The molecule has 2 rings (SSSR count). The lowest BCUT2D eigenvalue weighted by atomic mass is 10.3. The average molecular weight is 385 g/mol. The third-order valence-electron chi connectivity index (χ3n) is 3.38. The molecule has 0 aliphatic heterocycles. The molecule has 0 spiro atoms. The highest BCUT2D eigenvalue weighted by molar-refractivity contribution is 7.92. The van der Waals surface area contributed by atoms with E-state index in [1.165, 1.54) is 24.3 Å². The second kappa shape index (κ2) is 8.31. The third kappa shape index (κ3) is 4.70. The molecule has 0 atom stereocenters. The Morgan fingerprint density at radius 2 is 1.88 bits per heavy atom. The van der Waals surface area contributed by atoms with Crippen LogP contribution in [0.15, 0.2) is 53.4 Å². The Morgan fingerprint density at radius 1 is 1.20 bits per heavy atom. The highest BCUT2D eigenvalue weighted by Crippen LogP contribution is 2.27. The predicted octanol–water partition coefficient (Wildman–Crippen LogP) is 3.20. The number of sulfonamides is 1.